The zero-order valence-corrected chi connectivity index (χ0v) is 9.40. The van der Waals surface area contributed by atoms with Gasteiger partial charge in [0.1, 0.15) is 6.04 Å². The van der Waals surface area contributed by atoms with E-state index < -0.39 is 18.0 Å². The first-order valence-electron chi connectivity index (χ1n) is 5.51. The second-order valence-electron chi connectivity index (χ2n) is 4.06. The largest absolute Gasteiger partial charge is 0.480 e. The quantitative estimate of drug-likeness (QED) is 0.628. The maximum Gasteiger partial charge on any atom is 0.325 e. The van der Waals surface area contributed by atoms with Crippen LogP contribution in [0.15, 0.2) is 12.2 Å². The molecule has 0 spiro atoms. The molecule has 0 saturated heterocycles. The number of amides is 2. The molecule has 0 bridgehead atoms. The molecule has 1 unspecified atom stereocenters. The van der Waals surface area contributed by atoms with E-state index in [1.807, 2.05) is 0 Å². The summed E-state index contributed by atoms with van der Waals surface area (Å²) in [7, 11) is 0. The fourth-order valence-electron chi connectivity index (χ4n) is 1.59. The van der Waals surface area contributed by atoms with E-state index in [4.69, 9.17) is 5.11 Å². The van der Waals surface area contributed by atoms with E-state index in [1.54, 1.807) is 0 Å². The molecule has 0 fully saturated rings. The van der Waals surface area contributed by atoms with E-state index in [0.717, 1.165) is 19.3 Å². The molecule has 3 N–H and O–H groups in total. The Labute approximate surface area is 94.9 Å². The number of aliphatic carboxylic acids is 1. The van der Waals surface area contributed by atoms with E-state index in [0.29, 0.717) is 12.5 Å². The van der Waals surface area contributed by atoms with Crippen molar-refractivity contribution in [2.24, 2.45) is 5.92 Å². The van der Waals surface area contributed by atoms with Crippen molar-refractivity contribution in [1.82, 2.24) is 10.6 Å². The van der Waals surface area contributed by atoms with Gasteiger partial charge in [0.05, 0.1) is 0 Å². The minimum absolute atomic E-state index is 0.413. The van der Waals surface area contributed by atoms with E-state index in [1.165, 1.54) is 6.92 Å². The first-order valence-corrected chi connectivity index (χ1v) is 5.51. The standard InChI is InChI=1S/C11H18N2O3/c1-8(10(14)15)13-11(16)12-7-9-5-3-2-4-6-9/h2-3,8-9H,4-7H2,1H3,(H,14,15)(H2,12,13,16)/t8-,9?/m0/s1. The molecule has 0 radical (unpaired) electrons. The number of urea groups is 1. The average Bonchev–Trinajstić information content (AvgIpc) is 2.27. The number of rotatable bonds is 4. The third-order valence-electron chi connectivity index (χ3n) is 2.65. The van der Waals surface area contributed by atoms with Gasteiger partial charge in [-0.05, 0) is 32.1 Å². The highest BCUT2D eigenvalue weighted by molar-refractivity contribution is 5.82. The lowest BCUT2D eigenvalue weighted by molar-refractivity contribution is -0.138. The predicted molar refractivity (Wildman–Crippen MR) is 60.1 cm³/mol. The molecule has 1 aliphatic rings. The van der Waals surface area contributed by atoms with E-state index >= 15 is 0 Å². The molecule has 5 heteroatoms. The zero-order chi connectivity index (χ0) is 12.0. The Bertz CT molecular complexity index is 289. The zero-order valence-electron chi connectivity index (χ0n) is 9.40. The monoisotopic (exact) mass is 226 g/mol. The highest BCUT2D eigenvalue weighted by Gasteiger charge is 2.15. The first-order chi connectivity index (χ1) is 7.59. The molecule has 90 valence electrons. The fourth-order valence-corrected chi connectivity index (χ4v) is 1.59. The van der Waals surface area contributed by atoms with Crippen molar-refractivity contribution in [1.29, 1.82) is 0 Å². The summed E-state index contributed by atoms with van der Waals surface area (Å²) in [5, 5.41) is 13.6. The molecule has 1 aliphatic carbocycles. The van der Waals surface area contributed by atoms with Gasteiger partial charge >= 0.3 is 12.0 Å². The molecule has 0 aromatic rings. The Hall–Kier alpha value is -1.52. The number of nitrogens with one attached hydrogen (secondary N) is 2. The van der Waals surface area contributed by atoms with Gasteiger partial charge < -0.3 is 15.7 Å². The summed E-state index contributed by atoms with van der Waals surface area (Å²) in [6.45, 7) is 2.04. The van der Waals surface area contributed by atoms with Crippen molar-refractivity contribution in [3.63, 3.8) is 0 Å². The van der Waals surface area contributed by atoms with Crippen LogP contribution in [0, 0.1) is 5.92 Å². The number of hydrogen-bond acceptors (Lipinski definition) is 2. The van der Waals surface area contributed by atoms with Gasteiger partial charge in [-0.15, -0.1) is 0 Å². The highest BCUT2D eigenvalue weighted by atomic mass is 16.4. The Morgan fingerprint density at radius 2 is 2.25 bits per heavy atom. The summed E-state index contributed by atoms with van der Waals surface area (Å²) in [5.41, 5.74) is 0. The van der Waals surface area contributed by atoms with Gasteiger partial charge in [0, 0.05) is 6.54 Å². The molecular formula is C11H18N2O3. The van der Waals surface area contributed by atoms with Crippen LogP contribution in [0.5, 0.6) is 0 Å². The average molecular weight is 226 g/mol. The number of carboxylic acid groups (broad SMARTS) is 1. The van der Waals surface area contributed by atoms with Crippen molar-refractivity contribution in [2.45, 2.75) is 32.2 Å². The number of carbonyl (C=O) groups is 2. The first kappa shape index (κ1) is 12.5. The molecule has 2 atom stereocenters. The van der Waals surface area contributed by atoms with E-state index in [-0.39, 0.29) is 0 Å². The van der Waals surface area contributed by atoms with Gasteiger partial charge in [-0.1, -0.05) is 12.2 Å². The Balaban J connectivity index is 2.19. The highest BCUT2D eigenvalue weighted by Crippen LogP contribution is 2.16. The van der Waals surface area contributed by atoms with Gasteiger partial charge in [0.15, 0.2) is 0 Å². The van der Waals surface area contributed by atoms with Gasteiger partial charge in [-0.25, -0.2) is 4.79 Å². The summed E-state index contributed by atoms with van der Waals surface area (Å²) in [6.07, 6.45) is 7.37. The van der Waals surface area contributed by atoms with E-state index in [2.05, 4.69) is 22.8 Å². The van der Waals surface area contributed by atoms with Crippen LogP contribution in [-0.4, -0.2) is 29.7 Å². The van der Waals surface area contributed by atoms with Crippen molar-refractivity contribution in [3.8, 4) is 0 Å². The maximum absolute atomic E-state index is 11.3. The Morgan fingerprint density at radius 3 is 2.81 bits per heavy atom. The summed E-state index contributed by atoms with van der Waals surface area (Å²) in [5.74, 6) is -0.563. The molecule has 0 saturated carbocycles. The Morgan fingerprint density at radius 1 is 1.50 bits per heavy atom. The van der Waals surface area contributed by atoms with Gasteiger partial charge in [-0.3, -0.25) is 4.79 Å². The van der Waals surface area contributed by atoms with Crippen molar-refractivity contribution < 1.29 is 14.7 Å². The molecule has 5 nitrogen and oxygen atoms in total. The summed E-state index contributed by atoms with van der Waals surface area (Å²) in [4.78, 5) is 21.8. The van der Waals surface area contributed by atoms with Crippen molar-refractivity contribution in [3.05, 3.63) is 12.2 Å². The topological polar surface area (TPSA) is 78.4 Å². The summed E-state index contributed by atoms with van der Waals surface area (Å²) in [6, 6.07) is -1.27. The lowest BCUT2D eigenvalue weighted by atomic mass is 9.94. The van der Waals surface area contributed by atoms with Crippen LogP contribution in [0.4, 0.5) is 4.79 Å². The molecule has 0 aromatic carbocycles. The molecule has 0 aromatic heterocycles. The van der Waals surface area contributed by atoms with Crippen LogP contribution in [0.1, 0.15) is 26.2 Å². The van der Waals surface area contributed by atoms with Crippen LogP contribution >= 0.6 is 0 Å². The second kappa shape index (κ2) is 6.15. The SMILES string of the molecule is C[C@H](NC(=O)NCC1CC=CCC1)C(=O)O. The maximum atomic E-state index is 11.3. The molecule has 0 heterocycles. The predicted octanol–water partition coefficient (Wildman–Crippen LogP) is 1.11. The summed E-state index contributed by atoms with van der Waals surface area (Å²) < 4.78 is 0. The van der Waals surface area contributed by atoms with Crippen LogP contribution in [-0.2, 0) is 4.79 Å². The molecule has 2 amide bonds. The number of carbonyl (C=O) groups excluding carboxylic acids is 1. The van der Waals surface area contributed by atoms with Crippen molar-refractivity contribution in [2.75, 3.05) is 6.54 Å². The van der Waals surface area contributed by atoms with Crippen LogP contribution in [0.3, 0.4) is 0 Å². The smallest absolute Gasteiger partial charge is 0.325 e. The van der Waals surface area contributed by atoms with Gasteiger partial charge in [-0.2, -0.15) is 0 Å². The van der Waals surface area contributed by atoms with Crippen LogP contribution in [0.25, 0.3) is 0 Å². The summed E-state index contributed by atoms with van der Waals surface area (Å²) >= 11 is 0. The lowest BCUT2D eigenvalue weighted by Crippen LogP contribution is -2.45. The van der Waals surface area contributed by atoms with Gasteiger partial charge in [0.25, 0.3) is 0 Å². The van der Waals surface area contributed by atoms with E-state index in [9.17, 15) is 9.59 Å². The Kier molecular flexibility index (Phi) is 4.82. The van der Waals surface area contributed by atoms with Gasteiger partial charge in [0.2, 0.25) is 0 Å². The van der Waals surface area contributed by atoms with Crippen molar-refractivity contribution >= 4 is 12.0 Å². The molecule has 1 rings (SSSR count). The van der Waals surface area contributed by atoms with Crippen LogP contribution < -0.4 is 10.6 Å². The third kappa shape index (κ3) is 4.33. The second-order valence-corrected chi connectivity index (χ2v) is 4.06. The minimum atomic E-state index is -1.03. The molecule has 0 aliphatic heterocycles. The minimum Gasteiger partial charge on any atom is -0.480 e. The fraction of sp³-hybridized carbons (Fsp3) is 0.636. The molecular weight excluding hydrogens is 208 g/mol. The van der Waals surface area contributed by atoms with Crippen LogP contribution in [0.2, 0.25) is 0 Å². The molecule has 16 heavy (non-hydrogen) atoms. The number of allylic oxidation sites excluding steroid dienone is 2. The lowest BCUT2D eigenvalue weighted by Gasteiger charge is -2.18. The third-order valence-corrected chi connectivity index (χ3v) is 2.65. The number of hydrogen-bond donors (Lipinski definition) is 3. The number of carboxylic acids is 1. The normalized spacial score (nSPS) is 21.2.